The molecule has 0 aliphatic rings. The van der Waals surface area contributed by atoms with E-state index < -0.39 is 11.7 Å². The summed E-state index contributed by atoms with van der Waals surface area (Å²) in [5.74, 6) is 0.164. The van der Waals surface area contributed by atoms with Crippen molar-refractivity contribution in [3.63, 3.8) is 0 Å². The Morgan fingerprint density at radius 3 is 2.22 bits per heavy atom. The summed E-state index contributed by atoms with van der Waals surface area (Å²) < 4.78 is 45.9. The van der Waals surface area contributed by atoms with Crippen LogP contribution < -0.4 is 9.64 Å². The van der Waals surface area contributed by atoms with E-state index in [9.17, 15) is 13.2 Å². The molecule has 0 N–H and O–H groups in total. The van der Waals surface area contributed by atoms with Crippen molar-refractivity contribution >= 4 is 11.5 Å². The summed E-state index contributed by atoms with van der Waals surface area (Å²) in [7, 11) is 1.56. The van der Waals surface area contributed by atoms with E-state index in [0.29, 0.717) is 18.0 Å². The van der Waals surface area contributed by atoms with E-state index >= 15 is 0 Å². The molecule has 0 amide bonds. The third-order valence-corrected chi connectivity index (χ3v) is 4.71. The summed E-state index contributed by atoms with van der Waals surface area (Å²) in [5, 5.41) is 0. The van der Waals surface area contributed by atoms with E-state index in [4.69, 9.17) is 4.74 Å². The van der Waals surface area contributed by atoms with Gasteiger partial charge in [0.2, 0.25) is 0 Å². The van der Waals surface area contributed by atoms with Crippen LogP contribution >= 0.6 is 0 Å². The molecule has 1 aromatic carbocycles. The molecule has 2 unspecified atom stereocenters. The number of ether oxygens (including phenoxy) is 1. The molecule has 148 valence electrons. The van der Waals surface area contributed by atoms with Crippen LogP contribution in [-0.4, -0.2) is 23.1 Å². The predicted molar refractivity (Wildman–Crippen MR) is 101 cm³/mol. The van der Waals surface area contributed by atoms with Gasteiger partial charge in [-0.15, -0.1) is 0 Å². The zero-order chi connectivity index (χ0) is 20.2. The maximum atomic E-state index is 13.5. The van der Waals surface area contributed by atoms with Gasteiger partial charge in [-0.3, -0.25) is 0 Å². The van der Waals surface area contributed by atoms with Gasteiger partial charge in [0, 0.05) is 18.9 Å². The van der Waals surface area contributed by atoms with E-state index in [1.807, 2.05) is 26.0 Å². The number of aromatic nitrogens is 2. The van der Waals surface area contributed by atoms with Crippen molar-refractivity contribution < 1.29 is 17.9 Å². The number of benzene rings is 1. The average Bonchev–Trinajstić information content (AvgIpc) is 2.65. The average molecular weight is 381 g/mol. The minimum Gasteiger partial charge on any atom is -0.460 e. The number of hydrogen-bond acceptors (Lipinski definition) is 4. The van der Waals surface area contributed by atoms with Crippen LogP contribution in [0.25, 0.3) is 0 Å². The van der Waals surface area contributed by atoms with Crippen LogP contribution in [0.4, 0.5) is 24.7 Å². The molecule has 0 aliphatic heterocycles. The quantitative estimate of drug-likeness (QED) is 0.594. The van der Waals surface area contributed by atoms with Crippen molar-refractivity contribution in [2.24, 2.45) is 0 Å². The van der Waals surface area contributed by atoms with Crippen LogP contribution in [0.5, 0.6) is 6.01 Å². The Hall–Kier alpha value is -2.31. The van der Waals surface area contributed by atoms with E-state index in [1.54, 1.807) is 19.2 Å². The Morgan fingerprint density at radius 2 is 1.70 bits per heavy atom. The molecule has 2 rings (SSSR count). The van der Waals surface area contributed by atoms with Gasteiger partial charge < -0.3 is 9.64 Å². The predicted octanol–water partition coefficient (Wildman–Crippen LogP) is 5.95. The zero-order valence-electron chi connectivity index (χ0n) is 16.3. The summed E-state index contributed by atoms with van der Waals surface area (Å²) in [4.78, 5) is 9.20. The summed E-state index contributed by atoms with van der Waals surface area (Å²) in [5.41, 5.74) is 0.863. The Bertz CT molecular complexity index is 747. The molecule has 1 aromatic heterocycles. The normalized spacial score (nSPS) is 13.9. The Morgan fingerprint density at radius 1 is 1.07 bits per heavy atom. The first-order chi connectivity index (χ1) is 12.7. The molecule has 0 spiro atoms. The van der Waals surface area contributed by atoms with Crippen molar-refractivity contribution in [2.45, 2.75) is 58.7 Å². The van der Waals surface area contributed by atoms with Crippen LogP contribution in [0.1, 0.15) is 57.6 Å². The minimum absolute atomic E-state index is 0.0598. The van der Waals surface area contributed by atoms with Gasteiger partial charge in [0.1, 0.15) is 5.56 Å². The van der Waals surface area contributed by atoms with E-state index in [0.717, 1.165) is 18.2 Å². The summed E-state index contributed by atoms with van der Waals surface area (Å²) in [6.07, 6.45) is -2.27. The third-order valence-electron chi connectivity index (χ3n) is 4.71. The number of hydrogen-bond donors (Lipinski definition) is 0. The topological polar surface area (TPSA) is 38.2 Å². The van der Waals surface area contributed by atoms with Crippen LogP contribution in [0.2, 0.25) is 0 Å². The molecule has 2 atom stereocenters. The van der Waals surface area contributed by atoms with Crippen molar-refractivity contribution in [3.05, 3.63) is 41.6 Å². The molecule has 0 fully saturated rings. The first-order valence-electron chi connectivity index (χ1n) is 9.11. The summed E-state index contributed by atoms with van der Waals surface area (Å²) in [6, 6.07) is 7.42. The van der Waals surface area contributed by atoms with E-state index in [2.05, 4.69) is 23.8 Å². The van der Waals surface area contributed by atoms with Gasteiger partial charge in [0.15, 0.2) is 5.82 Å². The number of halogens is 3. The van der Waals surface area contributed by atoms with Crippen molar-refractivity contribution in [1.82, 2.24) is 9.97 Å². The second-order valence-electron chi connectivity index (χ2n) is 6.68. The van der Waals surface area contributed by atoms with Crippen molar-refractivity contribution in [1.29, 1.82) is 0 Å². The molecule has 0 radical (unpaired) electrons. The van der Waals surface area contributed by atoms with Gasteiger partial charge in [-0.05, 0) is 43.4 Å². The lowest BCUT2D eigenvalue weighted by atomic mass is 9.98. The molecule has 1 heterocycles. The van der Waals surface area contributed by atoms with Crippen LogP contribution in [0, 0.1) is 0 Å². The molecule has 27 heavy (non-hydrogen) atoms. The molecule has 4 nitrogen and oxygen atoms in total. The lowest BCUT2D eigenvalue weighted by molar-refractivity contribution is -0.137. The highest BCUT2D eigenvalue weighted by Gasteiger charge is 2.37. The Kier molecular flexibility index (Phi) is 6.68. The monoisotopic (exact) mass is 381 g/mol. The fourth-order valence-electron chi connectivity index (χ4n) is 2.52. The smallest absolute Gasteiger partial charge is 0.421 e. The SMILES string of the molecule is CCC(C)Oc1ncc(C(F)(F)F)c(N(C)c2ccc(C(C)CC)cc2)n1. The first kappa shape index (κ1) is 21.0. The van der Waals surface area contributed by atoms with Crippen LogP contribution in [-0.2, 0) is 6.18 Å². The van der Waals surface area contributed by atoms with E-state index in [-0.39, 0.29) is 17.9 Å². The highest BCUT2D eigenvalue weighted by Crippen LogP contribution is 2.38. The number of rotatable bonds is 7. The van der Waals surface area contributed by atoms with Crippen LogP contribution in [0.3, 0.4) is 0 Å². The lowest BCUT2D eigenvalue weighted by Gasteiger charge is -2.23. The Balaban J connectivity index is 2.42. The number of anilines is 2. The molecular weight excluding hydrogens is 355 g/mol. The second kappa shape index (κ2) is 8.59. The second-order valence-corrected chi connectivity index (χ2v) is 6.68. The lowest BCUT2D eigenvalue weighted by Crippen LogP contribution is -2.20. The molecule has 7 heteroatoms. The standard InChI is InChI=1S/C20H26F3N3O/c1-6-13(3)15-8-10-16(11-9-15)26(5)18-17(20(21,22)23)12-24-19(25-18)27-14(4)7-2/h8-14H,6-7H2,1-5H3. The largest absolute Gasteiger partial charge is 0.460 e. The molecule has 0 aliphatic carbocycles. The molecule has 0 saturated heterocycles. The maximum Gasteiger partial charge on any atom is 0.421 e. The minimum atomic E-state index is -4.56. The highest BCUT2D eigenvalue weighted by atomic mass is 19.4. The van der Waals surface area contributed by atoms with Gasteiger partial charge in [0.25, 0.3) is 0 Å². The van der Waals surface area contributed by atoms with Crippen molar-refractivity contribution in [2.75, 3.05) is 11.9 Å². The van der Waals surface area contributed by atoms with Gasteiger partial charge in [-0.25, -0.2) is 4.98 Å². The van der Waals surface area contributed by atoms with Gasteiger partial charge in [0.05, 0.1) is 6.10 Å². The summed E-state index contributed by atoms with van der Waals surface area (Å²) in [6.45, 7) is 7.95. The van der Waals surface area contributed by atoms with Crippen molar-refractivity contribution in [3.8, 4) is 6.01 Å². The zero-order valence-corrected chi connectivity index (χ0v) is 16.3. The van der Waals surface area contributed by atoms with Crippen LogP contribution in [0.15, 0.2) is 30.5 Å². The number of nitrogens with zero attached hydrogens (tertiary/aromatic N) is 3. The highest BCUT2D eigenvalue weighted by molar-refractivity contribution is 5.63. The number of alkyl halides is 3. The molecule has 2 aromatic rings. The fraction of sp³-hybridized carbons (Fsp3) is 0.500. The summed E-state index contributed by atoms with van der Waals surface area (Å²) >= 11 is 0. The molecular formula is C20H26F3N3O. The fourth-order valence-corrected chi connectivity index (χ4v) is 2.52. The third kappa shape index (κ3) is 5.11. The Labute approximate surface area is 158 Å². The molecule has 0 bridgehead atoms. The maximum absolute atomic E-state index is 13.5. The van der Waals surface area contributed by atoms with Gasteiger partial charge in [-0.2, -0.15) is 18.2 Å². The van der Waals surface area contributed by atoms with Gasteiger partial charge >= 0.3 is 12.2 Å². The van der Waals surface area contributed by atoms with E-state index in [1.165, 1.54) is 4.90 Å². The van der Waals surface area contributed by atoms with Gasteiger partial charge in [-0.1, -0.05) is 32.9 Å². The molecule has 0 saturated carbocycles. The first-order valence-corrected chi connectivity index (χ1v) is 9.11.